The molecule has 2 amide bonds. The molecule has 0 aliphatic rings. The van der Waals surface area contributed by atoms with Gasteiger partial charge < -0.3 is 39.6 Å². The average molecular weight is 523 g/mol. The number of carbonyl (C=O) groups is 2. The lowest BCUT2D eigenvalue weighted by Crippen LogP contribution is -2.28. The van der Waals surface area contributed by atoms with E-state index in [1.54, 1.807) is 24.3 Å². The summed E-state index contributed by atoms with van der Waals surface area (Å²) >= 11 is 0. The number of anilines is 1. The second kappa shape index (κ2) is 22.0. The van der Waals surface area contributed by atoms with Crippen LogP contribution in [0.1, 0.15) is 13.3 Å². The number of nitrogens with one attached hydrogen (secondary N) is 3. The third-order valence-corrected chi connectivity index (χ3v) is 4.46. The van der Waals surface area contributed by atoms with Crippen molar-refractivity contribution in [3.63, 3.8) is 0 Å². The number of rotatable bonds is 22. The number of azide groups is 1. The molecule has 0 radical (unpaired) electrons. The van der Waals surface area contributed by atoms with E-state index in [1.165, 1.54) is 0 Å². The van der Waals surface area contributed by atoms with Crippen LogP contribution >= 0.6 is 0 Å². The van der Waals surface area contributed by atoms with Crippen molar-refractivity contribution in [3.05, 3.63) is 46.9 Å². The molecular formula is C24H38N6O7. The first-order valence-corrected chi connectivity index (χ1v) is 12.0. The van der Waals surface area contributed by atoms with Gasteiger partial charge in [0.2, 0.25) is 11.8 Å². The number of ether oxygens (including phenoxy) is 5. The molecule has 3 N–H and O–H groups in total. The van der Waals surface area contributed by atoms with Crippen molar-refractivity contribution in [2.45, 2.75) is 19.6 Å². The van der Waals surface area contributed by atoms with Crippen molar-refractivity contribution in [2.75, 3.05) is 78.3 Å². The molecule has 0 fully saturated rings. The molecule has 0 aliphatic carbocycles. The van der Waals surface area contributed by atoms with Crippen LogP contribution in [0.25, 0.3) is 10.4 Å². The number of amides is 2. The van der Waals surface area contributed by atoms with Gasteiger partial charge in [0.05, 0.1) is 46.1 Å². The largest absolute Gasteiger partial charge is 0.491 e. The predicted molar refractivity (Wildman–Crippen MR) is 138 cm³/mol. The van der Waals surface area contributed by atoms with Gasteiger partial charge in [0, 0.05) is 29.8 Å². The second-order valence-corrected chi connectivity index (χ2v) is 7.42. The number of hydrogen-bond donors (Lipinski definition) is 3. The van der Waals surface area contributed by atoms with Gasteiger partial charge in [0.1, 0.15) is 19.0 Å². The lowest BCUT2D eigenvalue weighted by molar-refractivity contribution is -0.126. The Labute approximate surface area is 217 Å². The van der Waals surface area contributed by atoms with E-state index in [4.69, 9.17) is 29.2 Å². The van der Waals surface area contributed by atoms with Gasteiger partial charge >= 0.3 is 0 Å². The Morgan fingerprint density at radius 2 is 1.86 bits per heavy atom. The summed E-state index contributed by atoms with van der Waals surface area (Å²) in [6, 6.07) is 6.81. The van der Waals surface area contributed by atoms with Gasteiger partial charge in [0.25, 0.3) is 0 Å². The molecule has 1 rings (SSSR count). The Balaban J connectivity index is 2.29. The van der Waals surface area contributed by atoms with E-state index < -0.39 is 6.23 Å². The first-order chi connectivity index (χ1) is 18.1. The molecule has 0 saturated heterocycles. The molecule has 13 nitrogen and oxygen atoms in total. The third kappa shape index (κ3) is 17.8. The molecule has 1 atom stereocenters. The van der Waals surface area contributed by atoms with Gasteiger partial charge in [-0.05, 0) is 31.6 Å². The van der Waals surface area contributed by atoms with Crippen LogP contribution in [0.4, 0.5) is 5.69 Å². The maximum Gasteiger partial charge on any atom is 0.246 e. The van der Waals surface area contributed by atoms with Crippen LogP contribution in [0.5, 0.6) is 5.75 Å². The summed E-state index contributed by atoms with van der Waals surface area (Å²) < 4.78 is 27.1. The van der Waals surface area contributed by atoms with Crippen LogP contribution in [0, 0.1) is 0 Å². The highest BCUT2D eigenvalue weighted by Crippen LogP contribution is 2.18. The summed E-state index contributed by atoms with van der Waals surface area (Å²) in [6.45, 7) is 4.98. The molecule has 13 heteroatoms. The topological polar surface area (TPSA) is 165 Å². The van der Waals surface area contributed by atoms with E-state index >= 15 is 0 Å². The van der Waals surface area contributed by atoms with Gasteiger partial charge in [-0.1, -0.05) is 23.3 Å². The monoisotopic (exact) mass is 522 g/mol. The minimum atomic E-state index is -0.894. The molecule has 0 heterocycles. The summed E-state index contributed by atoms with van der Waals surface area (Å²) in [6.07, 6.45) is 2.96. The smallest absolute Gasteiger partial charge is 0.246 e. The van der Waals surface area contributed by atoms with Gasteiger partial charge in [-0.3, -0.25) is 9.59 Å². The number of nitrogens with zero attached hydrogens (tertiary/aromatic N) is 3. The minimum absolute atomic E-state index is 0.0461. The van der Waals surface area contributed by atoms with E-state index in [9.17, 15) is 9.59 Å². The first kappa shape index (κ1) is 31.8. The zero-order chi connectivity index (χ0) is 27.0. The summed E-state index contributed by atoms with van der Waals surface area (Å²) in [7, 11) is 1.85. The Bertz CT molecular complexity index is 849. The highest BCUT2D eigenvalue weighted by atomic mass is 16.6. The maximum absolute atomic E-state index is 12.1. The maximum atomic E-state index is 12.1. The number of hydrogen-bond acceptors (Lipinski definition) is 9. The molecule has 0 aromatic heterocycles. The third-order valence-electron chi connectivity index (χ3n) is 4.46. The van der Waals surface area contributed by atoms with Crippen LogP contribution in [0.15, 0.2) is 41.5 Å². The standard InChI is InChI=1S/C24H38N6O7/c1-3-4-9-27-23(32)18-35-15-16-36-24(29-30-25)19-37-21-7-5-6-20(17-21)28-22(31)8-11-33-13-14-34-12-10-26-2/h3-7,17,24,26H,8-16,18-19H2,1-2H3,(H,27,32)(H,28,31)/b4-3+. The number of allylic oxidation sites excluding steroid dienone is 1. The highest BCUT2D eigenvalue weighted by Gasteiger charge is 2.10. The molecule has 37 heavy (non-hydrogen) atoms. The second-order valence-electron chi connectivity index (χ2n) is 7.42. The Kier molecular flexibility index (Phi) is 19.0. The average Bonchev–Trinajstić information content (AvgIpc) is 2.89. The molecule has 206 valence electrons. The summed E-state index contributed by atoms with van der Waals surface area (Å²) in [4.78, 5) is 26.5. The van der Waals surface area contributed by atoms with E-state index in [1.807, 2.05) is 26.1 Å². The van der Waals surface area contributed by atoms with E-state index in [0.29, 0.717) is 37.8 Å². The van der Waals surface area contributed by atoms with Crippen LogP contribution in [0.2, 0.25) is 0 Å². The lowest BCUT2D eigenvalue weighted by atomic mass is 10.3. The Morgan fingerprint density at radius 3 is 2.62 bits per heavy atom. The normalized spacial score (nSPS) is 11.6. The van der Waals surface area contributed by atoms with E-state index in [0.717, 1.165) is 6.54 Å². The quantitative estimate of drug-likeness (QED) is 0.0684. The van der Waals surface area contributed by atoms with Crippen LogP contribution < -0.4 is 20.7 Å². The minimum Gasteiger partial charge on any atom is -0.491 e. The fourth-order valence-corrected chi connectivity index (χ4v) is 2.64. The van der Waals surface area contributed by atoms with Gasteiger partial charge in [0.15, 0.2) is 6.23 Å². The number of likely N-dealkylation sites (N-methyl/N-ethyl adjacent to an activating group) is 1. The fourth-order valence-electron chi connectivity index (χ4n) is 2.64. The van der Waals surface area contributed by atoms with Crippen molar-refractivity contribution in [2.24, 2.45) is 5.11 Å². The van der Waals surface area contributed by atoms with Gasteiger partial charge in [-0.15, -0.1) is 0 Å². The molecular weight excluding hydrogens is 484 g/mol. The van der Waals surface area contributed by atoms with Crippen molar-refractivity contribution >= 4 is 17.5 Å². The zero-order valence-corrected chi connectivity index (χ0v) is 21.5. The van der Waals surface area contributed by atoms with Crippen molar-refractivity contribution in [1.82, 2.24) is 10.6 Å². The van der Waals surface area contributed by atoms with E-state index in [-0.39, 0.29) is 51.3 Å². The molecule has 0 spiro atoms. The molecule has 1 aromatic carbocycles. The van der Waals surface area contributed by atoms with Gasteiger partial charge in [-0.2, -0.15) is 0 Å². The lowest BCUT2D eigenvalue weighted by Gasteiger charge is -2.15. The van der Waals surface area contributed by atoms with Crippen molar-refractivity contribution < 1.29 is 33.3 Å². The number of benzene rings is 1. The van der Waals surface area contributed by atoms with Crippen LogP contribution in [-0.4, -0.2) is 91.0 Å². The van der Waals surface area contributed by atoms with Crippen LogP contribution in [0.3, 0.4) is 0 Å². The molecule has 0 aliphatic heterocycles. The summed E-state index contributed by atoms with van der Waals surface area (Å²) in [5.41, 5.74) is 9.33. The highest BCUT2D eigenvalue weighted by molar-refractivity contribution is 5.90. The van der Waals surface area contributed by atoms with Gasteiger partial charge in [-0.25, -0.2) is 0 Å². The Hall–Kier alpha value is -3.19. The molecule has 0 bridgehead atoms. The van der Waals surface area contributed by atoms with Crippen LogP contribution in [-0.2, 0) is 28.5 Å². The molecule has 0 saturated carbocycles. The SMILES string of the molecule is C/C=C/CNC(=O)COCCOC(COc1cccc(NC(=O)CCOCCOCCNC)c1)N=[N+]=[N-]. The molecule has 1 unspecified atom stereocenters. The summed E-state index contributed by atoms with van der Waals surface area (Å²) in [5, 5.41) is 12.0. The summed E-state index contributed by atoms with van der Waals surface area (Å²) in [5.74, 6) is 0.0282. The van der Waals surface area contributed by atoms with Crippen molar-refractivity contribution in [1.29, 1.82) is 0 Å². The molecule has 1 aromatic rings. The zero-order valence-electron chi connectivity index (χ0n) is 21.5. The predicted octanol–water partition coefficient (Wildman–Crippen LogP) is 2.01. The van der Waals surface area contributed by atoms with Crippen molar-refractivity contribution in [3.8, 4) is 5.75 Å². The fraction of sp³-hybridized carbons (Fsp3) is 0.583. The number of carbonyl (C=O) groups excluding carboxylic acids is 2. The Morgan fingerprint density at radius 1 is 1.08 bits per heavy atom. The first-order valence-electron chi connectivity index (χ1n) is 12.0. The van der Waals surface area contributed by atoms with E-state index in [2.05, 4.69) is 26.0 Å².